The van der Waals surface area contributed by atoms with Crippen molar-refractivity contribution in [3.63, 3.8) is 0 Å². The van der Waals surface area contributed by atoms with Crippen LogP contribution >= 0.6 is 11.6 Å². The molecule has 0 atom stereocenters. The number of hydrogen-bond acceptors (Lipinski definition) is 2. The summed E-state index contributed by atoms with van der Waals surface area (Å²) in [6, 6.07) is 3.16. The Morgan fingerprint density at radius 2 is 2.19 bits per heavy atom. The van der Waals surface area contributed by atoms with Crippen LogP contribution in [0.3, 0.4) is 0 Å². The van der Waals surface area contributed by atoms with Gasteiger partial charge in [-0.3, -0.25) is 0 Å². The van der Waals surface area contributed by atoms with Gasteiger partial charge in [0.25, 0.3) is 0 Å². The number of nitrogens with zero attached hydrogens (tertiary/aromatic N) is 2. The van der Waals surface area contributed by atoms with Crippen LogP contribution in [0.1, 0.15) is 38.4 Å². The molecule has 0 saturated heterocycles. The molecular formula is C16H20ClFN2O. The van der Waals surface area contributed by atoms with Gasteiger partial charge in [-0.05, 0) is 24.7 Å². The third kappa shape index (κ3) is 2.61. The summed E-state index contributed by atoms with van der Waals surface area (Å²) < 4.78 is 21.1. The highest BCUT2D eigenvalue weighted by Crippen LogP contribution is 2.51. The van der Waals surface area contributed by atoms with Gasteiger partial charge in [-0.15, -0.1) is 11.6 Å². The van der Waals surface area contributed by atoms with Crippen LogP contribution in [0.25, 0.3) is 11.0 Å². The fourth-order valence-electron chi connectivity index (χ4n) is 3.14. The maximum absolute atomic E-state index is 13.8. The molecule has 0 N–H and O–H groups in total. The molecule has 114 valence electrons. The Kier molecular flexibility index (Phi) is 3.82. The molecule has 5 heteroatoms. The number of halogens is 2. The van der Waals surface area contributed by atoms with Gasteiger partial charge in [0.1, 0.15) is 5.82 Å². The van der Waals surface area contributed by atoms with Crippen molar-refractivity contribution in [3.8, 4) is 5.75 Å². The van der Waals surface area contributed by atoms with Crippen molar-refractivity contribution < 1.29 is 9.13 Å². The van der Waals surface area contributed by atoms with Crippen LogP contribution in [0.15, 0.2) is 12.1 Å². The summed E-state index contributed by atoms with van der Waals surface area (Å²) in [5.41, 5.74) is 1.94. The van der Waals surface area contributed by atoms with E-state index in [1.807, 2.05) is 0 Å². The maximum Gasteiger partial charge on any atom is 0.167 e. The van der Waals surface area contributed by atoms with Gasteiger partial charge < -0.3 is 9.30 Å². The topological polar surface area (TPSA) is 27.1 Å². The first-order valence-electron chi connectivity index (χ1n) is 7.41. The molecule has 1 aromatic carbocycles. The van der Waals surface area contributed by atoms with E-state index in [-0.39, 0.29) is 11.6 Å². The van der Waals surface area contributed by atoms with E-state index in [4.69, 9.17) is 16.3 Å². The molecule has 2 aromatic rings. The summed E-state index contributed by atoms with van der Waals surface area (Å²) in [6.07, 6.45) is 4.90. The molecule has 0 spiro atoms. The number of aromatic nitrogens is 2. The van der Waals surface area contributed by atoms with E-state index >= 15 is 0 Å². The lowest BCUT2D eigenvalue weighted by Crippen LogP contribution is -2.13. The Balaban J connectivity index is 2.06. The van der Waals surface area contributed by atoms with Crippen molar-refractivity contribution in [3.05, 3.63) is 23.8 Å². The molecule has 1 aromatic heterocycles. The minimum Gasteiger partial charge on any atom is -0.494 e. The number of imidazole rings is 1. The summed E-state index contributed by atoms with van der Waals surface area (Å²) in [5.74, 6) is 1.01. The summed E-state index contributed by atoms with van der Waals surface area (Å²) in [4.78, 5) is 4.47. The molecular weight excluding hydrogens is 291 g/mol. The van der Waals surface area contributed by atoms with E-state index in [9.17, 15) is 4.39 Å². The first kappa shape index (κ1) is 14.6. The van der Waals surface area contributed by atoms with E-state index < -0.39 is 0 Å². The normalized spacial score (nSPS) is 16.4. The molecule has 0 unspecified atom stereocenters. The zero-order valence-corrected chi connectivity index (χ0v) is 13.2. The highest BCUT2D eigenvalue weighted by Gasteiger charge is 2.42. The fourth-order valence-corrected chi connectivity index (χ4v) is 3.34. The quantitative estimate of drug-likeness (QED) is 0.734. The predicted octanol–water partition coefficient (Wildman–Crippen LogP) is 4.50. The zero-order chi connectivity index (χ0) is 15.0. The van der Waals surface area contributed by atoms with E-state index in [0.29, 0.717) is 16.8 Å². The number of hydrogen-bond donors (Lipinski definition) is 0. The number of alkyl halides is 1. The molecule has 1 heterocycles. The molecule has 0 radical (unpaired) electrons. The fraction of sp³-hybridized carbons (Fsp3) is 0.562. The molecule has 1 fully saturated rings. The minimum atomic E-state index is -0.384. The van der Waals surface area contributed by atoms with Gasteiger partial charge >= 0.3 is 0 Å². The monoisotopic (exact) mass is 310 g/mol. The van der Waals surface area contributed by atoms with Crippen molar-refractivity contribution in [2.75, 3.05) is 7.11 Å². The second kappa shape index (κ2) is 5.48. The van der Waals surface area contributed by atoms with E-state index in [2.05, 4.69) is 16.5 Å². The summed E-state index contributed by atoms with van der Waals surface area (Å²) in [7, 11) is 1.48. The Labute approximate surface area is 129 Å². The Hall–Kier alpha value is -1.29. The summed E-state index contributed by atoms with van der Waals surface area (Å²) in [5, 5.41) is 0. The highest BCUT2D eigenvalue weighted by molar-refractivity contribution is 6.16. The number of methoxy groups -OCH3 is 1. The first-order chi connectivity index (χ1) is 10.1. The third-order valence-electron chi connectivity index (χ3n) is 4.45. The molecule has 1 aliphatic carbocycles. The Morgan fingerprint density at radius 1 is 1.43 bits per heavy atom. The van der Waals surface area contributed by atoms with Crippen molar-refractivity contribution in [2.45, 2.75) is 45.0 Å². The van der Waals surface area contributed by atoms with E-state index in [1.54, 1.807) is 6.07 Å². The van der Waals surface area contributed by atoms with Crippen molar-refractivity contribution in [1.82, 2.24) is 9.55 Å². The van der Waals surface area contributed by atoms with Gasteiger partial charge in [-0.1, -0.05) is 13.3 Å². The molecule has 21 heavy (non-hydrogen) atoms. The average Bonchev–Trinajstić information content (AvgIpc) is 3.15. The Bertz CT molecular complexity index is 664. The van der Waals surface area contributed by atoms with Crippen LogP contribution < -0.4 is 4.74 Å². The van der Waals surface area contributed by atoms with Crippen LogP contribution in [-0.4, -0.2) is 16.7 Å². The van der Waals surface area contributed by atoms with Crippen LogP contribution in [0.5, 0.6) is 5.75 Å². The molecule has 1 saturated carbocycles. The van der Waals surface area contributed by atoms with Gasteiger partial charge in [-0.2, -0.15) is 0 Å². The minimum absolute atomic E-state index is 0.255. The molecule has 3 rings (SSSR count). The smallest absolute Gasteiger partial charge is 0.167 e. The zero-order valence-electron chi connectivity index (χ0n) is 12.5. The largest absolute Gasteiger partial charge is 0.494 e. The second-order valence-corrected chi connectivity index (χ2v) is 6.24. The van der Waals surface area contributed by atoms with Gasteiger partial charge in [0, 0.05) is 18.7 Å². The van der Waals surface area contributed by atoms with Gasteiger partial charge in [0.2, 0.25) is 0 Å². The van der Waals surface area contributed by atoms with Gasteiger partial charge in [0.05, 0.1) is 24.0 Å². The molecule has 1 aliphatic rings. The molecule has 0 aliphatic heterocycles. The van der Waals surface area contributed by atoms with Crippen LogP contribution in [0.4, 0.5) is 4.39 Å². The lowest BCUT2D eigenvalue weighted by Gasteiger charge is -2.17. The van der Waals surface area contributed by atoms with Gasteiger partial charge in [-0.25, -0.2) is 9.37 Å². The number of rotatable bonds is 6. The summed E-state index contributed by atoms with van der Waals surface area (Å²) in [6.45, 7) is 3.13. The number of benzene rings is 1. The lowest BCUT2D eigenvalue weighted by molar-refractivity contribution is 0.383. The molecule has 3 nitrogen and oxygen atoms in total. The Morgan fingerprint density at radius 3 is 2.76 bits per heavy atom. The first-order valence-corrected chi connectivity index (χ1v) is 7.94. The van der Waals surface area contributed by atoms with Crippen molar-refractivity contribution in [1.29, 1.82) is 0 Å². The molecule has 0 amide bonds. The second-order valence-electron chi connectivity index (χ2n) is 5.97. The van der Waals surface area contributed by atoms with Crippen LogP contribution in [0, 0.1) is 11.2 Å². The van der Waals surface area contributed by atoms with E-state index in [1.165, 1.54) is 38.9 Å². The maximum atomic E-state index is 13.8. The predicted molar refractivity (Wildman–Crippen MR) is 82.4 cm³/mol. The van der Waals surface area contributed by atoms with Crippen molar-refractivity contribution >= 4 is 22.6 Å². The highest BCUT2D eigenvalue weighted by atomic mass is 35.5. The van der Waals surface area contributed by atoms with Crippen LogP contribution in [-0.2, 0) is 12.4 Å². The molecule has 0 bridgehead atoms. The lowest BCUT2D eigenvalue weighted by atomic mass is 10.0. The number of fused-ring (bicyclic) bond motifs is 1. The summed E-state index contributed by atoms with van der Waals surface area (Å²) >= 11 is 6.03. The van der Waals surface area contributed by atoms with Crippen molar-refractivity contribution in [2.24, 2.45) is 5.41 Å². The average molecular weight is 311 g/mol. The van der Waals surface area contributed by atoms with Crippen LogP contribution in [0.2, 0.25) is 0 Å². The standard InChI is InChI=1S/C16H20ClFN2O/c1-3-4-16(5-6-16)10-20-13-8-14(21-2)11(18)7-12(13)19-15(20)9-17/h7-8H,3-6,9-10H2,1-2H3. The number of ether oxygens (including phenoxy) is 1. The van der Waals surface area contributed by atoms with E-state index in [0.717, 1.165) is 17.9 Å². The van der Waals surface area contributed by atoms with Gasteiger partial charge in [0.15, 0.2) is 11.6 Å². The third-order valence-corrected chi connectivity index (χ3v) is 4.69. The SMILES string of the molecule is CCCC1(Cn2c(CCl)nc3cc(F)c(OC)cc32)CC1.